The quantitative estimate of drug-likeness (QED) is 0.688. The molecule has 2 aromatic carbocycles. The predicted molar refractivity (Wildman–Crippen MR) is 76.9 cm³/mol. The van der Waals surface area contributed by atoms with Crippen LogP contribution in [-0.4, -0.2) is 18.9 Å². The molecule has 0 spiro atoms. The molecule has 1 aliphatic carbocycles. The number of nitrogens with one attached hydrogen (secondary N) is 1. The van der Waals surface area contributed by atoms with Crippen molar-refractivity contribution in [2.45, 2.75) is 6.42 Å². The van der Waals surface area contributed by atoms with Crippen molar-refractivity contribution in [1.82, 2.24) is 5.43 Å². The number of ether oxygens (including phenoxy) is 1. The largest absolute Gasteiger partial charge is 0.452 e. The lowest BCUT2D eigenvalue weighted by Crippen LogP contribution is -2.23. The molecule has 0 fully saturated rings. The summed E-state index contributed by atoms with van der Waals surface area (Å²) in [7, 11) is 1.32. The molecule has 3 rings (SSSR count). The maximum atomic E-state index is 11.2. The first kappa shape index (κ1) is 12.4. The Balaban J connectivity index is 2.10. The van der Waals surface area contributed by atoms with Gasteiger partial charge in [-0.1, -0.05) is 48.5 Å². The molecule has 4 nitrogen and oxygen atoms in total. The van der Waals surface area contributed by atoms with Crippen LogP contribution in [-0.2, 0) is 11.2 Å². The van der Waals surface area contributed by atoms with E-state index in [1.807, 2.05) is 36.4 Å². The van der Waals surface area contributed by atoms with E-state index in [4.69, 9.17) is 0 Å². The van der Waals surface area contributed by atoms with Crippen LogP contribution in [0.25, 0.3) is 0 Å². The third-order valence-electron chi connectivity index (χ3n) is 3.37. The Morgan fingerprint density at radius 1 is 1.05 bits per heavy atom. The van der Waals surface area contributed by atoms with Gasteiger partial charge in [0.25, 0.3) is 0 Å². The van der Waals surface area contributed by atoms with Crippen LogP contribution in [0.3, 0.4) is 0 Å². The second kappa shape index (κ2) is 5.17. The molecular weight excluding hydrogens is 252 g/mol. The van der Waals surface area contributed by atoms with Gasteiger partial charge in [0.1, 0.15) is 0 Å². The second-order valence-electron chi connectivity index (χ2n) is 4.55. The summed E-state index contributed by atoms with van der Waals surface area (Å²) in [6, 6.07) is 16.2. The molecule has 0 saturated carbocycles. The first-order chi connectivity index (χ1) is 9.79. The number of carbonyl (C=O) groups is 1. The third kappa shape index (κ3) is 2.16. The van der Waals surface area contributed by atoms with Gasteiger partial charge in [0.2, 0.25) is 0 Å². The number of hydrogen-bond donors (Lipinski definition) is 1. The van der Waals surface area contributed by atoms with Crippen molar-refractivity contribution in [3.05, 3.63) is 70.8 Å². The summed E-state index contributed by atoms with van der Waals surface area (Å²) >= 11 is 0. The summed E-state index contributed by atoms with van der Waals surface area (Å²) in [4.78, 5) is 11.2. The van der Waals surface area contributed by atoms with Crippen LogP contribution >= 0.6 is 0 Å². The number of fused-ring (bicyclic) bond motifs is 2. The number of amides is 1. The van der Waals surface area contributed by atoms with Crippen LogP contribution in [0.4, 0.5) is 4.79 Å². The maximum absolute atomic E-state index is 11.2. The minimum absolute atomic E-state index is 0.571. The number of rotatable bonds is 1. The first-order valence-electron chi connectivity index (χ1n) is 6.38. The van der Waals surface area contributed by atoms with Crippen molar-refractivity contribution < 1.29 is 9.53 Å². The van der Waals surface area contributed by atoms with Gasteiger partial charge in [0, 0.05) is 11.1 Å². The molecule has 0 radical (unpaired) electrons. The van der Waals surface area contributed by atoms with Crippen molar-refractivity contribution in [2.24, 2.45) is 5.10 Å². The number of methoxy groups -OCH3 is 1. The Bertz CT molecular complexity index is 645. The zero-order chi connectivity index (χ0) is 13.9. The Hall–Kier alpha value is -2.62. The Kier molecular flexibility index (Phi) is 3.21. The summed E-state index contributed by atoms with van der Waals surface area (Å²) in [6.07, 6.45) is 0.307. The molecule has 2 aromatic rings. The average molecular weight is 266 g/mol. The molecule has 0 heterocycles. The van der Waals surface area contributed by atoms with Gasteiger partial charge in [-0.15, -0.1) is 0 Å². The van der Waals surface area contributed by atoms with Crippen molar-refractivity contribution in [3.8, 4) is 0 Å². The van der Waals surface area contributed by atoms with Crippen LogP contribution in [0.2, 0.25) is 0 Å². The van der Waals surface area contributed by atoms with E-state index in [1.54, 1.807) is 0 Å². The van der Waals surface area contributed by atoms with Crippen LogP contribution in [0, 0.1) is 0 Å². The van der Waals surface area contributed by atoms with E-state index in [0.717, 1.165) is 23.3 Å². The van der Waals surface area contributed by atoms with Crippen LogP contribution in [0.1, 0.15) is 22.3 Å². The molecular formula is C16H14N2O2. The number of hydrazone groups is 1. The van der Waals surface area contributed by atoms with Gasteiger partial charge in [0.15, 0.2) is 0 Å². The smallest absolute Gasteiger partial charge is 0.427 e. The van der Waals surface area contributed by atoms with Crippen molar-refractivity contribution in [1.29, 1.82) is 0 Å². The highest BCUT2D eigenvalue weighted by molar-refractivity contribution is 6.16. The summed E-state index contributed by atoms with van der Waals surface area (Å²) in [5.41, 5.74) is 7.68. The van der Waals surface area contributed by atoms with Crippen LogP contribution in [0.5, 0.6) is 0 Å². The standard InChI is InChI=1S/C16H14N2O2/c1-20-16(19)18-17-15-13-8-4-2-6-11(13)10-12-7-3-5-9-14(12)15/h2-9H,10H2,1H3,(H,18,19). The number of carbonyl (C=O) groups excluding carboxylic acids is 1. The van der Waals surface area contributed by atoms with Crippen LogP contribution < -0.4 is 5.43 Å². The Morgan fingerprint density at radius 3 is 2.15 bits per heavy atom. The van der Waals surface area contributed by atoms with E-state index < -0.39 is 6.09 Å². The fourth-order valence-electron chi connectivity index (χ4n) is 2.43. The fourth-order valence-corrected chi connectivity index (χ4v) is 2.43. The number of hydrogen-bond acceptors (Lipinski definition) is 3. The molecule has 1 aliphatic rings. The molecule has 0 atom stereocenters. The summed E-state index contributed by atoms with van der Waals surface area (Å²) in [5.74, 6) is 0. The molecule has 20 heavy (non-hydrogen) atoms. The number of benzene rings is 2. The van der Waals surface area contributed by atoms with Gasteiger partial charge >= 0.3 is 6.09 Å². The second-order valence-corrected chi connectivity index (χ2v) is 4.55. The molecule has 4 heteroatoms. The molecule has 0 aliphatic heterocycles. The summed E-state index contributed by atoms with van der Waals surface area (Å²) in [6.45, 7) is 0. The molecule has 0 bridgehead atoms. The van der Waals surface area contributed by atoms with Gasteiger partial charge < -0.3 is 4.74 Å². The molecule has 0 saturated heterocycles. The predicted octanol–water partition coefficient (Wildman–Crippen LogP) is 2.70. The maximum Gasteiger partial charge on any atom is 0.427 e. The highest BCUT2D eigenvalue weighted by Gasteiger charge is 2.21. The van der Waals surface area contributed by atoms with Crippen molar-refractivity contribution >= 4 is 11.8 Å². The third-order valence-corrected chi connectivity index (χ3v) is 3.37. The normalized spacial score (nSPS) is 12.2. The number of nitrogens with zero attached hydrogens (tertiary/aromatic N) is 1. The zero-order valence-electron chi connectivity index (χ0n) is 11.1. The van der Waals surface area contributed by atoms with Gasteiger partial charge in [-0.25, -0.2) is 10.2 Å². The lowest BCUT2D eigenvalue weighted by atomic mass is 9.85. The Morgan fingerprint density at radius 2 is 1.60 bits per heavy atom. The SMILES string of the molecule is COC(=O)NN=C1c2ccccc2Cc2ccccc21. The first-order valence-corrected chi connectivity index (χ1v) is 6.38. The zero-order valence-corrected chi connectivity index (χ0v) is 11.1. The van der Waals surface area contributed by atoms with Crippen molar-refractivity contribution in [3.63, 3.8) is 0 Å². The minimum Gasteiger partial charge on any atom is -0.452 e. The van der Waals surface area contributed by atoms with E-state index in [9.17, 15) is 4.79 Å². The minimum atomic E-state index is -0.571. The molecule has 0 unspecified atom stereocenters. The summed E-state index contributed by atoms with van der Waals surface area (Å²) < 4.78 is 4.56. The molecule has 0 aromatic heterocycles. The van der Waals surface area contributed by atoms with Gasteiger partial charge in [-0.05, 0) is 17.5 Å². The van der Waals surface area contributed by atoms with E-state index in [2.05, 4.69) is 27.4 Å². The molecule has 100 valence electrons. The van der Waals surface area contributed by atoms with Crippen molar-refractivity contribution in [2.75, 3.05) is 7.11 Å². The average Bonchev–Trinajstić information content (AvgIpc) is 2.51. The summed E-state index contributed by atoms with van der Waals surface area (Å²) in [5, 5.41) is 4.23. The highest BCUT2D eigenvalue weighted by atomic mass is 16.5. The van der Waals surface area contributed by atoms with E-state index in [0.29, 0.717) is 0 Å². The fraction of sp³-hybridized carbons (Fsp3) is 0.125. The van der Waals surface area contributed by atoms with E-state index in [1.165, 1.54) is 18.2 Å². The topological polar surface area (TPSA) is 50.7 Å². The van der Waals surface area contributed by atoms with E-state index >= 15 is 0 Å². The Labute approximate surface area is 117 Å². The molecule has 1 amide bonds. The highest BCUT2D eigenvalue weighted by Crippen LogP contribution is 2.27. The van der Waals surface area contributed by atoms with Gasteiger partial charge in [0.05, 0.1) is 12.8 Å². The van der Waals surface area contributed by atoms with Crippen LogP contribution in [0.15, 0.2) is 53.6 Å². The lowest BCUT2D eigenvalue weighted by molar-refractivity contribution is 0.171. The van der Waals surface area contributed by atoms with Gasteiger partial charge in [-0.3, -0.25) is 0 Å². The molecule has 1 N–H and O–H groups in total. The monoisotopic (exact) mass is 266 g/mol. The lowest BCUT2D eigenvalue weighted by Gasteiger charge is -2.21. The van der Waals surface area contributed by atoms with Gasteiger partial charge in [-0.2, -0.15) is 5.10 Å². The van der Waals surface area contributed by atoms with E-state index in [-0.39, 0.29) is 0 Å².